The molecule has 0 bridgehead atoms. The summed E-state index contributed by atoms with van der Waals surface area (Å²) in [5.74, 6) is -0.939. The first kappa shape index (κ1) is 17.9. The maximum absolute atomic E-state index is 13.1. The molecule has 0 amide bonds. The van der Waals surface area contributed by atoms with E-state index in [1.807, 2.05) is 50.2 Å². The number of rotatable bonds is 4. The highest BCUT2D eigenvalue weighted by atomic mass is 35.5. The van der Waals surface area contributed by atoms with Gasteiger partial charge in [0.05, 0.1) is 27.8 Å². The topological polar surface area (TPSA) is 100 Å². The van der Waals surface area contributed by atoms with Crippen molar-refractivity contribution in [3.8, 4) is 11.9 Å². The lowest BCUT2D eigenvalue weighted by Crippen LogP contribution is -2.16. The Kier molecular flexibility index (Phi) is 4.41. The third-order valence-electron chi connectivity index (χ3n) is 4.36. The van der Waals surface area contributed by atoms with Crippen molar-refractivity contribution in [1.82, 2.24) is 24.7 Å². The zero-order valence-corrected chi connectivity index (χ0v) is 15.9. The van der Waals surface area contributed by atoms with Gasteiger partial charge < -0.3 is 4.98 Å². The molecule has 0 saturated carbocycles. The molecule has 1 aromatic carbocycles. The third-order valence-corrected chi connectivity index (χ3v) is 4.67. The largest absolute Gasteiger partial charge is 0.340 e. The number of nitriles is 1. The molecule has 3 heterocycles. The summed E-state index contributed by atoms with van der Waals surface area (Å²) in [4.78, 5) is 24.9. The zero-order valence-electron chi connectivity index (χ0n) is 15.1. The normalized spacial score (nSPS) is 12.1. The number of para-hydroxylation sites is 2. The summed E-state index contributed by atoms with van der Waals surface area (Å²) < 4.78 is 1.63. The van der Waals surface area contributed by atoms with Crippen LogP contribution in [0.5, 0.6) is 0 Å². The minimum absolute atomic E-state index is 0.0127. The standard InChI is InChI=1S/C20H15ClN6O/c1-11-9-12(2)27(26-11)17-8-7-14(21)18(25-17)19(28)13(10-22)20-23-15-5-3-4-6-16(15)24-20/h3-9,13H,1-2H3,(H,23,24). The van der Waals surface area contributed by atoms with Crippen LogP contribution >= 0.6 is 11.6 Å². The van der Waals surface area contributed by atoms with Crippen LogP contribution in [-0.4, -0.2) is 30.5 Å². The van der Waals surface area contributed by atoms with Crippen molar-refractivity contribution in [1.29, 1.82) is 5.26 Å². The van der Waals surface area contributed by atoms with E-state index in [-0.39, 0.29) is 16.5 Å². The highest BCUT2D eigenvalue weighted by Gasteiger charge is 2.28. The first-order valence-corrected chi connectivity index (χ1v) is 8.94. The number of H-pyrrole nitrogens is 1. The fraction of sp³-hybridized carbons (Fsp3) is 0.150. The lowest BCUT2D eigenvalue weighted by atomic mass is 10.0. The number of fused-ring (bicyclic) bond motifs is 1. The van der Waals surface area contributed by atoms with E-state index in [1.165, 1.54) is 0 Å². The molecule has 0 aliphatic rings. The number of hydrogen-bond donors (Lipinski definition) is 1. The van der Waals surface area contributed by atoms with Crippen LogP contribution in [0.3, 0.4) is 0 Å². The maximum atomic E-state index is 13.1. The van der Waals surface area contributed by atoms with Crippen LogP contribution in [0.2, 0.25) is 5.02 Å². The molecule has 7 nitrogen and oxygen atoms in total. The van der Waals surface area contributed by atoms with Crippen LogP contribution in [0.25, 0.3) is 16.9 Å². The van der Waals surface area contributed by atoms with Gasteiger partial charge >= 0.3 is 0 Å². The molecule has 0 saturated heterocycles. The molecular weight excluding hydrogens is 376 g/mol. The second kappa shape index (κ2) is 6.91. The Labute approximate surface area is 165 Å². The number of Topliss-reactive ketones (excluding diaryl/α,β-unsaturated/α-hetero) is 1. The first-order valence-electron chi connectivity index (χ1n) is 8.56. The van der Waals surface area contributed by atoms with Gasteiger partial charge in [-0.3, -0.25) is 4.79 Å². The fourth-order valence-corrected chi connectivity index (χ4v) is 3.27. The summed E-state index contributed by atoms with van der Waals surface area (Å²) >= 11 is 6.24. The Morgan fingerprint density at radius 2 is 2.00 bits per heavy atom. The SMILES string of the molecule is Cc1cc(C)n(-c2ccc(Cl)c(C(=O)C(C#N)c3nc4ccccc4[nH]3)n2)n1. The number of aromatic amines is 1. The number of ketones is 1. The zero-order chi connectivity index (χ0) is 19.8. The van der Waals surface area contributed by atoms with E-state index in [9.17, 15) is 10.1 Å². The van der Waals surface area contributed by atoms with Crippen molar-refractivity contribution in [3.63, 3.8) is 0 Å². The molecule has 3 aromatic heterocycles. The Morgan fingerprint density at radius 1 is 1.21 bits per heavy atom. The second-order valence-corrected chi connectivity index (χ2v) is 6.81. The summed E-state index contributed by atoms with van der Waals surface area (Å²) in [6.07, 6.45) is 0. The van der Waals surface area contributed by atoms with Gasteiger partial charge in [-0.25, -0.2) is 14.6 Å². The summed E-state index contributed by atoms with van der Waals surface area (Å²) in [5.41, 5.74) is 3.15. The molecule has 0 aliphatic heterocycles. The molecule has 138 valence electrons. The number of nitrogens with zero attached hydrogens (tertiary/aromatic N) is 5. The van der Waals surface area contributed by atoms with E-state index < -0.39 is 11.7 Å². The summed E-state index contributed by atoms with van der Waals surface area (Å²) in [6.45, 7) is 3.77. The average molecular weight is 391 g/mol. The van der Waals surface area contributed by atoms with Crippen molar-refractivity contribution in [2.75, 3.05) is 0 Å². The Hall–Kier alpha value is -3.50. The quantitative estimate of drug-likeness (QED) is 0.532. The third kappa shape index (κ3) is 3.04. The number of nitrogens with one attached hydrogen (secondary N) is 1. The molecule has 0 aliphatic carbocycles. The van der Waals surface area contributed by atoms with E-state index in [1.54, 1.807) is 16.8 Å². The predicted octanol–water partition coefficient (Wildman–Crippen LogP) is 3.90. The van der Waals surface area contributed by atoms with Crippen LogP contribution in [0.15, 0.2) is 42.5 Å². The highest BCUT2D eigenvalue weighted by molar-refractivity contribution is 6.34. The van der Waals surface area contributed by atoms with Crippen LogP contribution in [0.4, 0.5) is 0 Å². The van der Waals surface area contributed by atoms with E-state index in [0.29, 0.717) is 11.3 Å². The molecule has 1 unspecified atom stereocenters. The van der Waals surface area contributed by atoms with Gasteiger partial charge in [0.15, 0.2) is 11.7 Å². The van der Waals surface area contributed by atoms with Crippen LogP contribution in [0.1, 0.15) is 33.6 Å². The lowest BCUT2D eigenvalue weighted by Gasteiger charge is -2.09. The van der Waals surface area contributed by atoms with Gasteiger partial charge in [0, 0.05) is 5.69 Å². The van der Waals surface area contributed by atoms with Gasteiger partial charge in [-0.15, -0.1) is 0 Å². The number of carbonyl (C=O) groups is 1. The number of aryl methyl sites for hydroxylation is 2. The second-order valence-electron chi connectivity index (χ2n) is 6.40. The van der Waals surface area contributed by atoms with Crippen molar-refractivity contribution >= 4 is 28.4 Å². The first-order chi connectivity index (χ1) is 13.5. The molecule has 8 heteroatoms. The number of halogens is 1. The number of imidazole rings is 1. The van der Waals surface area contributed by atoms with Gasteiger partial charge in [0.2, 0.25) is 5.78 Å². The van der Waals surface area contributed by atoms with Crippen molar-refractivity contribution in [3.05, 3.63) is 70.4 Å². The van der Waals surface area contributed by atoms with E-state index in [4.69, 9.17) is 11.6 Å². The number of benzene rings is 1. The molecule has 4 rings (SSSR count). The molecule has 1 N–H and O–H groups in total. The molecule has 0 radical (unpaired) electrons. The number of hydrogen-bond acceptors (Lipinski definition) is 5. The fourth-order valence-electron chi connectivity index (χ4n) is 3.07. The van der Waals surface area contributed by atoms with Gasteiger partial charge in [0.1, 0.15) is 11.5 Å². The lowest BCUT2D eigenvalue weighted by molar-refractivity contribution is 0.0972. The maximum Gasteiger partial charge on any atom is 0.207 e. The van der Waals surface area contributed by atoms with Gasteiger partial charge in [-0.2, -0.15) is 10.4 Å². The van der Waals surface area contributed by atoms with Gasteiger partial charge in [-0.05, 0) is 44.2 Å². The predicted molar refractivity (Wildman–Crippen MR) is 105 cm³/mol. The number of pyridine rings is 1. The van der Waals surface area contributed by atoms with E-state index in [0.717, 1.165) is 16.9 Å². The van der Waals surface area contributed by atoms with Crippen LogP contribution in [-0.2, 0) is 0 Å². The Bertz CT molecular complexity index is 1220. The average Bonchev–Trinajstić information content (AvgIpc) is 3.25. The summed E-state index contributed by atoms with van der Waals surface area (Å²) in [7, 11) is 0. The minimum atomic E-state index is -1.15. The minimum Gasteiger partial charge on any atom is -0.340 e. The molecule has 4 aromatic rings. The molecule has 0 spiro atoms. The van der Waals surface area contributed by atoms with Crippen LogP contribution in [0, 0.1) is 25.2 Å². The Morgan fingerprint density at radius 3 is 2.68 bits per heavy atom. The smallest absolute Gasteiger partial charge is 0.207 e. The summed E-state index contributed by atoms with van der Waals surface area (Å²) in [6, 6.07) is 14.5. The van der Waals surface area contributed by atoms with Crippen molar-refractivity contribution in [2.45, 2.75) is 19.8 Å². The summed E-state index contributed by atoms with van der Waals surface area (Å²) in [5, 5.41) is 14.2. The highest BCUT2D eigenvalue weighted by Crippen LogP contribution is 2.25. The monoisotopic (exact) mass is 390 g/mol. The van der Waals surface area contributed by atoms with Gasteiger partial charge in [-0.1, -0.05) is 23.7 Å². The van der Waals surface area contributed by atoms with Gasteiger partial charge in [0.25, 0.3) is 0 Å². The van der Waals surface area contributed by atoms with E-state index in [2.05, 4.69) is 20.1 Å². The molecule has 28 heavy (non-hydrogen) atoms. The van der Waals surface area contributed by atoms with Crippen LogP contribution < -0.4 is 0 Å². The molecule has 0 fully saturated rings. The number of carbonyl (C=O) groups excluding carboxylic acids is 1. The van der Waals surface area contributed by atoms with Crippen molar-refractivity contribution < 1.29 is 4.79 Å². The molecule has 1 atom stereocenters. The van der Waals surface area contributed by atoms with E-state index >= 15 is 0 Å². The number of aromatic nitrogens is 5. The molecular formula is C20H15ClN6O. The Balaban J connectivity index is 1.76. The van der Waals surface area contributed by atoms with Crippen molar-refractivity contribution in [2.24, 2.45) is 0 Å².